The van der Waals surface area contributed by atoms with Crippen LogP contribution < -0.4 is 4.74 Å². The first-order valence-electron chi connectivity index (χ1n) is 7.91. The number of likely N-dealkylation sites (tertiary alicyclic amines) is 1. The first kappa shape index (κ1) is 16.7. The highest BCUT2D eigenvalue weighted by Gasteiger charge is 2.40. The van der Waals surface area contributed by atoms with Crippen LogP contribution in [0.25, 0.3) is 0 Å². The van der Waals surface area contributed by atoms with E-state index in [1.54, 1.807) is 11.4 Å². The zero-order valence-corrected chi connectivity index (χ0v) is 14.5. The molecule has 3 rings (SSSR count). The van der Waals surface area contributed by atoms with Crippen molar-refractivity contribution in [1.29, 1.82) is 0 Å². The van der Waals surface area contributed by atoms with Crippen LogP contribution in [0.5, 0.6) is 5.75 Å². The van der Waals surface area contributed by atoms with Crippen LogP contribution in [0.4, 0.5) is 0 Å². The van der Waals surface area contributed by atoms with E-state index in [1.807, 2.05) is 18.2 Å². The predicted octanol–water partition coefficient (Wildman–Crippen LogP) is 0.930. The first-order valence-corrected chi connectivity index (χ1v) is 9.76. The Morgan fingerprint density at radius 1 is 1.35 bits per heavy atom. The fourth-order valence-corrected chi connectivity index (χ4v) is 4.59. The molecule has 2 saturated heterocycles. The van der Waals surface area contributed by atoms with Gasteiger partial charge >= 0.3 is 0 Å². The lowest BCUT2D eigenvalue weighted by molar-refractivity contribution is -0.0768. The van der Waals surface area contributed by atoms with E-state index in [1.165, 1.54) is 11.8 Å². The van der Waals surface area contributed by atoms with E-state index in [2.05, 4.69) is 11.0 Å². The number of nitrogens with zero attached hydrogens (tertiary/aromatic N) is 2. The van der Waals surface area contributed by atoms with Gasteiger partial charge in [0.15, 0.2) is 0 Å². The topological polar surface area (TPSA) is 59.1 Å². The average molecular weight is 340 g/mol. The number of fused-ring (bicyclic) bond motifs is 1. The first-order chi connectivity index (χ1) is 11.0. The van der Waals surface area contributed by atoms with Crippen LogP contribution in [0, 0.1) is 0 Å². The van der Waals surface area contributed by atoms with Crippen molar-refractivity contribution < 1.29 is 17.9 Å². The summed E-state index contributed by atoms with van der Waals surface area (Å²) in [6.07, 6.45) is 2.16. The highest BCUT2D eigenvalue weighted by Crippen LogP contribution is 2.26. The zero-order chi connectivity index (χ0) is 16.4. The van der Waals surface area contributed by atoms with Gasteiger partial charge in [-0.15, -0.1) is 0 Å². The summed E-state index contributed by atoms with van der Waals surface area (Å²) in [5, 5.41) is 0. The van der Waals surface area contributed by atoms with Gasteiger partial charge < -0.3 is 9.47 Å². The number of ether oxygens (including phenoxy) is 2. The van der Waals surface area contributed by atoms with Crippen molar-refractivity contribution in [2.75, 3.05) is 39.6 Å². The quantitative estimate of drug-likeness (QED) is 0.816. The molecule has 2 aliphatic rings. The molecule has 2 aliphatic heterocycles. The van der Waals surface area contributed by atoms with E-state index in [9.17, 15) is 8.42 Å². The van der Waals surface area contributed by atoms with Crippen molar-refractivity contribution in [3.63, 3.8) is 0 Å². The third-order valence-electron chi connectivity index (χ3n) is 4.58. The molecule has 1 aromatic carbocycles. The summed E-state index contributed by atoms with van der Waals surface area (Å²) in [7, 11) is -1.54. The number of methoxy groups -OCH3 is 1. The average Bonchev–Trinajstić information content (AvgIpc) is 2.53. The number of sulfonamides is 1. The molecule has 1 aromatic rings. The molecule has 0 saturated carbocycles. The molecule has 0 bridgehead atoms. The largest absolute Gasteiger partial charge is 0.497 e. The molecule has 23 heavy (non-hydrogen) atoms. The maximum atomic E-state index is 12.0. The molecular weight excluding hydrogens is 316 g/mol. The predicted molar refractivity (Wildman–Crippen MR) is 88.0 cm³/mol. The molecule has 0 aliphatic carbocycles. The molecular formula is C16H24N2O4S. The van der Waals surface area contributed by atoms with Gasteiger partial charge in [-0.05, 0) is 24.1 Å². The summed E-state index contributed by atoms with van der Waals surface area (Å²) in [4.78, 5) is 2.29. The lowest BCUT2D eigenvalue weighted by Crippen LogP contribution is -2.60. The summed E-state index contributed by atoms with van der Waals surface area (Å²) in [5.41, 5.74) is 1.17. The SMILES string of the molecule is COc1cccc(CN2CC[C@H]3OCCN(S(C)(=O)=O)[C@@H]3C2)c1. The van der Waals surface area contributed by atoms with Crippen LogP contribution in [-0.2, 0) is 21.3 Å². The third-order valence-corrected chi connectivity index (χ3v) is 5.89. The van der Waals surface area contributed by atoms with Gasteiger partial charge in [0.1, 0.15) is 5.75 Å². The second kappa shape index (κ2) is 6.76. The highest BCUT2D eigenvalue weighted by molar-refractivity contribution is 7.88. The van der Waals surface area contributed by atoms with Crippen LogP contribution in [0.2, 0.25) is 0 Å². The van der Waals surface area contributed by atoms with Crippen LogP contribution in [-0.4, -0.2) is 69.4 Å². The van der Waals surface area contributed by atoms with Gasteiger partial charge in [0.05, 0.1) is 32.1 Å². The summed E-state index contributed by atoms with van der Waals surface area (Å²) in [6.45, 7) is 3.35. The molecule has 0 spiro atoms. The minimum atomic E-state index is -3.20. The number of rotatable bonds is 4. The molecule has 128 valence electrons. The molecule has 0 aromatic heterocycles. The summed E-state index contributed by atoms with van der Waals surface area (Å²) in [6, 6.07) is 7.92. The Morgan fingerprint density at radius 2 is 2.17 bits per heavy atom. The van der Waals surface area contributed by atoms with Crippen molar-refractivity contribution in [3.05, 3.63) is 29.8 Å². The summed E-state index contributed by atoms with van der Waals surface area (Å²) >= 11 is 0. The van der Waals surface area contributed by atoms with Crippen LogP contribution in [0.15, 0.2) is 24.3 Å². The van der Waals surface area contributed by atoms with E-state index in [0.717, 1.165) is 25.3 Å². The second-order valence-electron chi connectivity index (χ2n) is 6.23. The standard InChI is InChI=1S/C16H24N2O4S/c1-21-14-5-3-4-13(10-14)11-17-7-6-16-15(12-17)18(8-9-22-16)23(2,19)20/h3-5,10,15-16H,6-9,11-12H2,1-2H3/t15-,16-/m1/s1. The number of morpholine rings is 1. The minimum absolute atomic E-state index is 0.0139. The van der Waals surface area contributed by atoms with Gasteiger partial charge in [-0.2, -0.15) is 4.31 Å². The third kappa shape index (κ3) is 3.85. The summed E-state index contributed by atoms with van der Waals surface area (Å²) < 4.78 is 36.7. The Morgan fingerprint density at radius 3 is 2.91 bits per heavy atom. The van der Waals surface area contributed by atoms with Crippen molar-refractivity contribution >= 4 is 10.0 Å². The van der Waals surface area contributed by atoms with Crippen molar-refractivity contribution in [2.45, 2.75) is 25.1 Å². The molecule has 6 nitrogen and oxygen atoms in total. The molecule has 2 fully saturated rings. The Kier molecular flexibility index (Phi) is 4.91. The lowest BCUT2D eigenvalue weighted by atomic mass is 10.00. The van der Waals surface area contributed by atoms with E-state index < -0.39 is 10.0 Å². The van der Waals surface area contributed by atoms with Crippen LogP contribution in [0.3, 0.4) is 0 Å². The van der Waals surface area contributed by atoms with E-state index in [-0.39, 0.29) is 12.1 Å². The number of hydrogen-bond acceptors (Lipinski definition) is 5. The molecule has 0 amide bonds. The van der Waals surface area contributed by atoms with E-state index >= 15 is 0 Å². The van der Waals surface area contributed by atoms with Gasteiger partial charge in [0.25, 0.3) is 0 Å². The van der Waals surface area contributed by atoms with Gasteiger partial charge in [-0.1, -0.05) is 12.1 Å². The van der Waals surface area contributed by atoms with Crippen molar-refractivity contribution in [1.82, 2.24) is 9.21 Å². The van der Waals surface area contributed by atoms with Crippen molar-refractivity contribution in [2.24, 2.45) is 0 Å². The molecule has 0 radical (unpaired) electrons. The van der Waals surface area contributed by atoms with Crippen molar-refractivity contribution in [3.8, 4) is 5.75 Å². The fourth-order valence-electron chi connectivity index (χ4n) is 3.49. The Balaban J connectivity index is 1.71. The monoisotopic (exact) mass is 340 g/mol. The van der Waals surface area contributed by atoms with Gasteiger partial charge in [0.2, 0.25) is 10.0 Å². The molecule has 7 heteroatoms. The molecule has 2 atom stereocenters. The smallest absolute Gasteiger partial charge is 0.211 e. The normalized spacial score (nSPS) is 26.7. The van der Waals surface area contributed by atoms with Crippen LogP contribution >= 0.6 is 0 Å². The molecule has 2 heterocycles. The molecule has 0 unspecified atom stereocenters. The zero-order valence-electron chi connectivity index (χ0n) is 13.6. The Bertz CT molecular complexity index is 649. The van der Waals surface area contributed by atoms with Crippen LogP contribution in [0.1, 0.15) is 12.0 Å². The van der Waals surface area contributed by atoms with Gasteiger partial charge in [0, 0.05) is 26.2 Å². The van der Waals surface area contributed by atoms with E-state index in [0.29, 0.717) is 19.7 Å². The maximum absolute atomic E-state index is 12.0. The Hall–Kier alpha value is -1.15. The lowest BCUT2D eigenvalue weighted by Gasteiger charge is -2.45. The van der Waals surface area contributed by atoms with Gasteiger partial charge in [-0.3, -0.25) is 4.90 Å². The fraction of sp³-hybridized carbons (Fsp3) is 0.625. The molecule has 0 N–H and O–H groups in total. The summed E-state index contributed by atoms with van der Waals surface area (Å²) in [5.74, 6) is 0.844. The number of piperidine rings is 1. The minimum Gasteiger partial charge on any atom is -0.497 e. The second-order valence-corrected chi connectivity index (χ2v) is 8.16. The number of hydrogen-bond donors (Lipinski definition) is 0. The van der Waals surface area contributed by atoms with Gasteiger partial charge in [-0.25, -0.2) is 8.42 Å². The highest BCUT2D eigenvalue weighted by atomic mass is 32.2. The Labute approximate surface area is 138 Å². The van der Waals surface area contributed by atoms with E-state index in [4.69, 9.17) is 9.47 Å². The number of benzene rings is 1. The maximum Gasteiger partial charge on any atom is 0.211 e.